The summed E-state index contributed by atoms with van der Waals surface area (Å²) in [5.41, 5.74) is 0.278. The summed E-state index contributed by atoms with van der Waals surface area (Å²) in [5.74, 6) is -1.08. The molecule has 3 atom stereocenters. The number of hydrogen-bond acceptors (Lipinski definition) is 7. The van der Waals surface area contributed by atoms with Crippen LogP contribution >= 0.6 is 0 Å². The van der Waals surface area contributed by atoms with Gasteiger partial charge in [0.15, 0.2) is 0 Å². The van der Waals surface area contributed by atoms with Gasteiger partial charge in [0, 0.05) is 40.1 Å². The van der Waals surface area contributed by atoms with Gasteiger partial charge < -0.3 is 34.6 Å². The Morgan fingerprint density at radius 2 is 1.51 bits per heavy atom. The van der Waals surface area contributed by atoms with Gasteiger partial charge in [0.2, 0.25) is 17.7 Å². The van der Waals surface area contributed by atoms with Crippen LogP contribution in [-0.2, 0) is 41.4 Å². The van der Waals surface area contributed by atoms with Crippen molar-refractivity contribution >= 4 is 34.6 Å². The number of nitrogens with one attached hydrogen (secondary N) is 2. The molecule has 0 radical (unpaired) electrons. The molecular weight excluding hydrogens is 648 g/mol. The fourth-order valence-electron chi connectivity index (χ4n) is 6.03. The second kappa shape index (κ2) is 17.6. The van der Waals surface area contributed by atoms with Gasteiger partial charge in [0.05, 0.1) is 18.2 Å². The molecule has 1 unspecified atom stereocenters. The average molecular weight is 703 g/mol. The zero-order valence-corrected chi connectivity index (χ0v) is 31.1. The zero-order valence-electron chi connectivity index (χ0n) is 31.1. The molecule has 0 spiro atoms. The molecule has 3 aromatic rings. The Morgan fingerprint density at radius 1 is 0.843 bits per heavy atom. The number of benzene rings is 3. The Labute approximate surface area is 302 Å². The van der Waals surface area contributed by atoms with Crippen molar-refractivity contribution in [2.24, 2.45) is 0 Å². The van der Waals surface area contributed by atoms with E-state index in [4.69, 9.17) is 14.2 Å². The van der Waals surface area contributed by atoms with Crippen molar-refractivity contribution < 1.29 is 33.4 Å². The molecular formula is C40H54N4O7. The van der Waals surface area contributed by atoms with Gasteiger partial charge in [0.25, 0.3) is 0 Å². The van der Waals surface area contributed by atoms with E-state index < -0.39 is 35.2 Å². The molecule has 3 aromatic carbocycles. The lowest BCUT2D eigenvalue weighted by Gasteiger charge is -2.35. The zero-order chi connectivity index (χ0) is 37.2. The number of carbonyl (C=O) groups is 4. The fourth-order valence-corrected chi connectivity index (χ4v) is 6.03. The highest BCUT2D eigenvalue weighted by atomic mass is 16.6. The minimum Gasteiger partial charge on any atom is -0.444 e. The Hall–Kier alpha value is -4.48. The molecule has 1 aliphatic heterocycles. The number of nitrogens with zero attached hydrogens (tertiary/aromatic N) is 2. The maximum Gasteiger partial charge on any atom is 0.408 e. The van der Waals surface area contributed by atoms with E-state index in [9.17, 15) is 19.2 Å². The summed E-state index contributed by atoms with van der Waals surface area (Å²) in [7, 11) is 3.20. The highest BCUT2D eigenvalue weighted by Gasteiger charge is 2.36. The molecule has 1 aliphatic rings. The monoisotopic (exact) mass is 702 g/mol. The van der Waals surface area contributed by atoms with Gasteiger partial charge in [-0.25, -0.2) is 4.79 Å². The molecule has 2 N–H and O–H groups in total. The molecule has 4 amide bonds. The van der Waals surface area contributed by atoms with Gasteiger partial charge in [-0.2, -0.15) is 0 Å². The van der Waals surface area contributed by atoms with E-state index in [-0.39, 0.29) is 37.6 Å². The number of alkyl carbamates (subject to hydrolysis) is 1. The molecule has 51 heavy (non-hydrogen) atoms. The predicted octanol–water partition coefficient (Wildman–Crippen LogP) is 4.89. The van der Waals surface area contributed by atoms with E-state index in [1.807, 2.05) is 72.8 Å². The van der Waals surface area contributed by atoms with Crippen molar-refractivity contribution in [1.82, 2.24) is 20.4 Å². The van der Waals surface area contributed by atoms with Crippen LogP contribution in [0.5, 0.6) is 0 Å². The van der Waals surface area contributed by atoms with Crippen LogP contribution in [0.25, 0.3) is 10.8 Å². The first-order chi connectivity index (χ1) is 24.1. The van der Waals surface area contributed by atoms with E-state index in [1.54, 1.807) is 48.7 Å². The Balaban J connectivity index is 1.54. The van der Waals surface area contributed by atoms with Gasteiger partial charge >= 0.3 is 6.09 Å². The number of amides is 4. The summed E-state index contributed by atoms with van der Waals surface area (Å²) in [4.78, 5) is 57.2. The maximum atomic E-state index is 14.5. The molecule has 276 valence electrons. The topological polar surface area (TPSA) is 127 Å². The van der Waals surface area contributed by atoms with Gasteiger partial charge in [-0.05, 0) is 69.4 Å². The summed E-state index contributed by atoms with van der Waals surface area (Å²) in [6, 6.07) is 21.7. The summed E-state index contributed by atoms with van der Waals surface area (Å²) in [5, 5.41) is 7.86. The number of ether oxygens (including phenoxy) is 3. The van der Waals surface area contributed by atoms with Gasteiger partial charge in [-0.1, -0.05) is 72.8 Å². The number of hydrogen-bond donors (Lipinski definition) is 2. The second-order valence-electron chi connectivity index (χ2n) is 14.9. The van der Waals surface area contributed by atoms with Crippen LogP contribution in [0, 0.1) is 0 Å². The Kier molecular flexibility index (Phi) is 13.6. The normalized spacial score (nSPS) is 15.9. The molecule has 1 saturated heterocycles. The van der Waals surface area contributed by atoms with Crippen molar-refractivity contribution in [3.8, 4) is 0 Å². The standard InChI is InChI=1S/C40H54N4O7/c1-39(2,3)51-38(48)42-40(4,5)27-49-26-35(45)43(6)34(24-29-19-20-30-16-11-12-17-31(30)22-29)37(47)44(7)33(23-28-14-9-8-10-15-28)36(46)41-25-32-18-13-21-50-32/h8-12,14-17,19-20,22,32-34H,13,18,21,23-27H2,1-7H3,(H,41,46)(H,42,48)/t32?,33-,34-/m1/s1. The van der Waals surface area contributed by atoms with Crippen LogP contribution in [0.2, 0.25) is 0 Å². The van der Waals surface area contributed by atoms with Crippen molar-refractivity contribution in [2.75, 3.05) is 40.5 Å². The maximum absolute atomic E-state index is 14.5. The highest BCUT2D eigenvalue weighted by Crippen LogP contribution is 2.21. The van der Waals surface area contributed by atoms with Crippen LogP contribution in [-0.4, -0.2) is 103 Å². The minimum absolute atomic E-state index is 0.0268. The van der Waals surface area contributed by atoms with Crippen LogP contribution in [0.3, 0.4) is 0 Å². The van der Waals surface area contributed by atoms with Crippen LogP contribution in [0.4, 0.5) is 4.79 Å². The van der Waals surface area contributed by atoms with Crippen LogP contribution in [0.1, 0.15) is 58.6 Å². The SMILES string of the molecule is CN(C(=O)COCC(C)(C)NC(=O)OC(C)(C)C)[C@H](Cc1ccc2ccccc2c1)C(=O)N(C)[C@H](Cc1ccccc1)C(=O)NCC1CCCO1. The molecule has 0 bridgehead atoms. The average Bonchev–Trinajstić information content (AvgIpc) is 3.60. The minimum atomic E-state index is -0.940. The molecule has 11 nitrogen and oxygen atoms in total. The summed E-state index contributed by atoms with van der Waals surface area (Å²) >= 11 is 0. The lowest BCUT2D eigenvalue weighted by molar-refractivity contribution is -0.149. The van der Waals surface area contributed by atoms with E-state index >= 15 is 0 Å². The molecule has 11 heteroatoms. The van der Waals surface area contributed by atoms with Crippen LogP contribution < -0.4 is 10.6 Å². The number of fused-ring (bicyclic) bond motifs is 1. The quantitative estimate of drug-likeness (QED) is 0.231. The molecule has 0 aromatic heterocycles. The molecule has 1 fully saturated rings. The smallest absolute Gasteiger partial charge is 0.408 e. The van der Waals surface area contributed by atoms with Crippen LogP contribution in [0.15, 0.2) is 72.8 Å². The van der Waals surface area contributed by atoms with E-state index in [0.717, 1.165) is 34.7 Å². The molecule has 1 heterocycles. The number of rotatable bonds is 15. The first-order valence-corrected chi connectivity index (χ1v) is 17.6. The molecule has 0 aliphatic carbocycles. The van der Waals surface area contributed by atoms with Gasteiger partial charge in [-0.15, -0.1) is 0 Å². The summed E-state index contributed by atoms with van der Waals surface area (Å²) in [6.07, 6.45) is 1.69. The van der Waals surface area contributed by atoms with E-state index in [2.05, 4.69) is 10.6 Å². The fraction of sp³-hybridized carbons (Fsp3) is 0.500. The van der Waals surface area contributed by atoms with Crippen molar-refractivity contribution in [3.63, 3.8) is 0 Å². The van der Waals surface area contributed by atoms with Crippen molar-refractivity contribution in [2.45, 2.75) is 89.6 Å². The molecule has 4 rings (SSSR count). The molecule has 0 saturated carbocycles. The Bertz CT molecular complexity index is 1630. The summed E-state index contributed by atoms with van der Waals surface area (Å²) in [6.45, 7) is 9.60. The van der Waals surface area contributed by atoms with Gasteiger partial charge in [-0.3, -0.25) is 14.4 Å². The Morgan fingerprint density at radius 3 is 2.18 bits per heavy atom. The third-order valence-corrected chi connectivity index (χ3v) is 8.83. The van der Waals surface area contributed by atoms with Crippen molar-refractivity contribution in [1.29, 1.82) is 0 Å². The summed E-state index contributed by atoms with van der Waals surface area (Å²) < 4.78 is 16.9. The van der Waals surface area contributed by atoms with E-state index in [1.165, 1.54) is 9.80 Å². The lowest BCUT2D eigenvalue weighted by Crippen LogP contribution is -2.57. The third-order valence-electron chi connectivity index (χ3n) is 8.83. The first kappa shape index (κ1) is 39.3. The van der Waals surface area contributed by atoms with Crippen molar-refractivity contribution in [3.05, 3.63) is 83.9 Å². The highest BCUT2D eigenvalue weighted by molar-refractivity contribution is 5.93. The largest absolute Gasteiger partial charge is 0.444 e. The van der Waals surface area contributed by atoms with E-state index in [0.29, 0.717) is 19.6 Å². The second-order valence-corrected chi connectivity index (χ2v) is 14.9. The van der Waals surface area contributed by atoms with Gasteiger partial charge in [0.1, 0.15) is 24.3 Å². The third kappa shape index (κ3) is 12.1. The number of likely N-dealkylation sites (N-methyl/N-ethyl adjacent to an activating group) is 2. The lowest BCUT2D eigenvalue weighted by atomic mass is 9.98. The predicted molar refractivity (Wildman–Crippen MR) is 197 cm³/mol. The number of carbonyl (C=O) groups excluding carboxylic acids is 4. The first-order valence-electron chi connectivity index (χ1n) is 17.6.